The van der Waals surface area contributed by atoms with Crippen molar-refractivity contribution in [3.63, 3.8) is 0 Å². The zero-order valence-corrected chi connectivity index (χ0v) is 11.0. The van der Waals surface area contributed by atoms with E-state index in [1.54, 1.807) is 10.6 Å². The number of rotatable bonds is 3. The molecule has 2 rings (SSSR count). The summed E-state index contributed by atoms with van der Waals surface area (Å²) in [6, 6.07) is 3.69. The van der Waals surface area contributed by atoms with E-state index in [1.165, 1.54) is 0 Å². The molecule has 5 nitrogen and oxygen atoms in total. The third kappa shape index (κ3) is 2.12. The van der Waals surface area contributed by atoms with Gasteiger partial charge in [-0.05, 0) is 34.5 Å². The van der Waals surface area contributed by atoms with Gasteiger partial charge in [0.25, 0.3) is 5.91 Å². The van der Waals surface area contributed by atoms with E-state index in [9.17, 15) is 4.79 Å². The lowest BCUT2D eigenvalue weighted by atomic mass is 10.4. The molecule has 6 heteroatoms. The second-order valence-corrected chi connectivity index (χ2v) is 4.51. The number of amides is 1. The van der Waals surface area contributed by atoms with Crippen molar-refractivity contribution in [3.8, 4) is 0 Å². The molecule has 2 heterocycles. The number of carbonyl (C=O) groups is 1. The highest BCUT2D eigenvalue weighted by molar-refractivity contribution is 9.10. The normalized spacial score (nSPS) is 10.7. The maximum atomic E-state index is 11.8. The van der Waals surface area contributed by atoms with E-state index in [1.807, 2.05) is 19.1 Å². The lowest BCUT2D eigenvalue weighted by molar-refractivity contribution is 0.0950. The molecule has 2 aromatic rings. The fourth-order valence-electron chi connectivity index (χ4n) is 1.54. The number of carbonyl (C=O) groups excluding carboxylic acids is 1. The number of imidazole rings is 1. The lowest BCUT2D eigenvalue weighted by Crippen LogP contribution is -2.25. The molecular weight excluding hydrogens is 284 g/mol. The number of hydrogen-bond acceptors (Lipinski definition) is 3. The molecule has 2 aromatic heterocycles. The van der Waals surface area contributed by atoms with Crippen molar-refractivity contribution >= 4 is 33.3 Å². The van der Waals surface area contributed by atoms with Gasteiger partial charge in [-0.15, -0.1) is 0 Å². The Morgan fingerprint density at radius 1 is 1.65 bits per heavy atom. The summed E-state index contributed by atoms with van der Waals surface area (Å²) in [5.74, 6) is 0.120. The van der Waals surface area contributed by atoms with Gasteiger partial charge in [-0.25, -0.2) is 4.98 Å². The Bertz CT molecular complexity index is 564. The van der Waals surface area contributed by atoms with Crippen LogP contribution in [0.3, 0.4) is 0 Å². The van der Waals surface area contributed by atoms with E-state index in [2.05, 4.69) is 26.2 Å². The first-order chi connectivity index (χ1) is 8.15. The number of nitrogens with two attached hydrogens (primary N) is 1. The summed E-state index contributed by atoms with van der Waals surface area (Å²) in [5, 5.41) is 2.76. The Hall–Kier alpha value is -1.56. The van der Waals surface area contributed by atoms with Crippen molar-refractivity contribution in [2.75, 3.05) is 12.3 Å². The molecule has 0 bridgehead atoms. The second kappa shape index (κ2) is 4.75. The second-order valence-electron chi connectivity index (χ2n) is 3.65. The average Bonchev–Trinajstić information content (AvgIpc) is 2.66. The van der Waals surface area contributed by atoms with Gasteiger partial charge < -0.3 is 11.1 Å². The number of hydrogen-bond donors (Lipinski definition) is 2. The van der Waals surface area contributed by atoms with Crippen LogP contribution in [-0.2, 0) is 0 Å². The van der Waals surface area contributed by atoms with Crippen molar-refractivity contribution in [1.29, 1.82) is 0 Å². The third-order valence-corrected chi connectivity index (χ3v) is 3.01. The summed E-state index contributed by atoms with van der Waals surface area (Å²) < 4.78 is 2.49. The molecule has 0 aliphatic carbocycles. The van der Waals surface area contributed by atoms with Crippen LogP contribution in [0.2, 0.25) is 0 Å². The van der Waals surface area contributed by atoms with Gasteiger partial charge in [0.2, 0.25) is 0 Å². The van der Waals surface area contributed by atoms with E-state index in [-0.39, 0.29) is 11.6 Å². The maximum absolute atomic E-state index is 11.8. The fourth-order valence-corrected chi connectivity index (χ4v) is 1.97. The smallest absolute Gasteiger partial charge is 0.273 e. The van der Waals surface area contributed by atoms with E-state index in [0.717, 1.165) is 10.9 Å². The monoisotopic (exact) mass is 296 g/mol. The Labute approximate surface area is 107 Å². The first-order valence-electron chi connectivity index (χ1n) is 5.35. The summed E-state index contributed by atoms with van der Waals surface area (Å²) in [6.07, 6.45) is 2.65. The summed E-state index contributed by atoms with van der Waals surface area (Å²) in [5.41, 5.74) is 6.81. The minimum Gasteiger partial charge on any atom is -0.383 e. The number of halogens is 1. The van der Waals surface area contributed by atoms with Gasteiger partial charge in [-0.2, -0.15) is 0 Å². The Kier molecular flexibility index (Phi) is 3.33. The first kappa shape index (κ1) is 11.9. The average molecular weight is 297 g/mol. The summed E-state index contributed by atoms with van der Waals surface area (Å²) >= 11 is 3.38. The van der Waals surface area contributed by atoms with Crippen molar-refractivity contribution < 1.29 is 4.79 Å². The van der Waals surface area contributed by atoms with Crippen molar-refractivity contribution in [3.05, 3.63) is 28.5 Å². The molecule has 3 N–H and O–H groups in total. The standard InChI is InChI=1S/C11H13BrN4O/c1-2-5-14-11(17)8-9(13)16-6-3-4-7(12)10(16)15-8/h3-4,6H,2,5,13H2,1H3,(H,14,17). The third-order valence-electron chi connectivity index (χ3n) is 2.39. The van der Waals surface area contributed by atoms with Gasteiger partial charge in [0.05, 0.1) is 4.47 Å². The van der Waals surface area contributed by atoms with Gasteiger partial charge >= 0.3 is 0 Å². The first-order valence-corrected chi connectivity index (χ1v) is 6.14. The number of anilines is 1. The molecule has 0 unspecified atom stereocenters. The van der Waals surface area contributed by atoms with E-state index in [0.29, 0.717) is 18.0 Å². The molecule has 0 spiro atoms. The predicted molar refractivity (Wildman–Crippen MR) is 69.9 cm³/mol. The van der Waals surface area contributed by atoms with E-state index < -0.39 is 0 Å². The highest BCUT2D eigenvalue weighted by atomic mass is 79.9. The van der Waals surface area contributed by atoms with E-state index >= 15 is 0 Å². The molecule has 90 valence electrons. The molecule has 1 amide bonds. The van der Waals surface area contributed by atoms with Gasteiger partial charge in [-0.1, -0.05) is 6.92 Å². The lowest BCUT2D eigenvalue weighted by Gasteiger charge is -2.00. The minimum atomic E-state index is -0.236. The SMILES string of the molecule is CCCNC(=O)c1nc2c(Br)cccn2c1N. The van der Waals surface area contributed by atoms with Crippen LogP contribution >= 0.6 is 15.9 Å². The fraction of sp³-hybridized carbons (Fsp3) is 0.273. The van der Waals surface area contributed by atoms with Crippen LogP contribution in [0.25, 0.3) is 5.65 Å². The number of aromatic nitrogens is 2. The summed E-state index contributed by atoms with van der Waals surface area (Å²) in [4.78, 5) is 16.1. The largest absolute Gasteiger partial charge is 0.383 e. The molecule has 17 heavy (non-hydrogen) atoms. The topological polar surface area (TPSA) is 72.4 Å². The summed E-state index contributed by atoms with van der Waals surface area (Å²) in [6.45, 7) is 2.61. The molecule has 0 aliphatic rings. The highest BCUT2D eigenvalue weighted by Crippen LogP contribution is 2.21. The zero-order chi connectivity index (χ0) is 12.4. The van der Waals surface area contributed by atoms with E-state index in [4.69, 9.17) is 5.73 Å². The van der Waals surface area contributed by atoms with Gasteiger partial charge in [-0.3, -0.25) is 9.20 Å². The minimum absolute atomic E-state index is 0.236. The summed E-state index contributed by atoms with van der Waals surface area (Å²) in [7, 11) is 0. The molecule has 0 aliphatic heterocycles. The van der Waals surface area contributed by atoms with Crippen LogP contribution in [0.5, 0.6) is 0 Å². The van der Waals surface area contributed by atoms with Gasteiger partial charge in [0.1, 0.15) is 5.82 Å². The molecule has 0 atom stereocenters. The number of nitrogens with zero attached hydrogens (tertiary/aromatic N) is 2. The van der Waals surface area contributed by atoms with Gasteiger partial charge in [0.15, 0.2) is 11.3 Å². The predicted octanol–water partition coefficient (Wildman–Crippen LogP) is 1.82. The molecule has 0 aromatic carbocycles. The van der Waals surface area contributed by atoms with Crippen LogP contribution < -0.4 is 11.1 Å². The molecule has 0 fully saturated rings. The number of pyridine rings is 1. The van der Waals surface area contributed by atoms with Gasteiger partial charge in [0, 0.05) is 12.7 Å². The van der Waals surface area contributed by atoms with Crippen LogP contribution in [0, 0.1) is 0 Å². The Morgan fingerprint density at radius 2 is 2.41 bits per heavy atom. The zero-order valence-electron chi connectivity index (χ0n) is 9.40. The van der Waals surface area contributed by atoms with Crippen LogP contribution in [0.4, 0.5) is 5.82 Å². The highest BCUT2D eigenvalue weighted by Gasteiger charge is 2.17. The van der Waals surface area contributed by atoms with Crippen molar-refractivity contribution in [2.45, 2.75) is 13.3 Å². The van der Waals surface area contributed by atoms with Crippen LogP contribution in [0.15, 0.2) is 22.8 Å². The Morgan fingerprint density at radius 3 is 3.06 bits per heavy atom. The Balaban J connectivity index is 2.45. The molecule has 0 radical (unpaired) electrons. The quantitative estimate of drug-likeness (QED) is 0.907. The van der Waals surface area contributed by atoms with Crippen LogP contribution in [-0.4, -0.2) is 21.8 Å². The van der Waals surface area contributed by atoms with Crippen molar-refractivity contribution in [2.24, 2.45) is 0 Å². The molecule has 0 saturated heterocycles. The molecular formula is C11H13BrN4O. The maximum Gasteiger partial charge on any atom is 0.273 e. The number of nitrogen functional groups attached to an aromatic ring is 1. The number of nitrogens with one attached hydrogen (secondary N) is 1. The van der Waals surface area contributed by atoms with Crippen molar-refractivity contribution in [1.82, 2.24) is 14.7 Å². The molecule has 0 saturated carbocycles. The number of fused-ring (bicyclic) bond motifs is 1. The van der Waals surface area contributed by atoms with Crippen LogP contribution in [0.1, 0.15) is 23.8 Å².